The number of aliphatic hydroxyl groups is 1. The molecule has 3 fully saturated rings. The van der Waals surface area contributed by atoms with Crippen molar-refractivity contribution in [2.45, 2.75) is 56.3 Å². The van der Waals surface area contributed by atoms with Crippen molar-refractivity contribution in [2.24, 2.45) is 5.41 Å². The van der Waals surface area contributed by atoms with E-state index in [9.17, 15) is 19.1 Å². The predicted octanol–water partition coefficient (Wildman–Crippen LogP) is 4.57. The van der Waals surface area contributed by atoms with Crippen LogP contribution in [0.2, 0.25) is 10.0 Å². The molecule has 0 unspecified atom stereocenters. The Hall–Kier alpha value is -2.35. The molecule has 1 aliphatic heterocycles. The molecule has 3 saturated carbocycles. The molecule has 2 bridgehead atoms. The Balaban J connectivity index is 1.12. The first-order chi connectivity index (χ1) is 16.0. The number of amides is 1. The Morgan fingerprint density at radius 2 is 1.94 bits per heavy atom. The van der Waals surface area contributed by atoms with E-state index >= 15 is 0 Å². The summed E-state index contributed by atoms with van der Waals surface area (Å²) in [5.41, 5.74) is -1.07. The summed E-state index contributed by atoms with van der Waals surface area (Å²) in [5, 5.41) is 14.3. The number of fused-ring (bicyclic) bond motifs is 1. The van der Waals surface area contributed by atoms with Gasteiger partial charge in [0.25, 0.3) is 5.91 Å². The maximum absolute atomic E-state index is 13.5. The molecule has 0 spiro atoms. The highest BCUT2D eigenvalue weighted by atomic mass is 35.5. The smallest absolute Gasteiger partial charge is 0.258 e. The van der Waals surface area contributed by atoms with Crippen LogP contribution in [0.15, 0.2) is 36.4 Å². The lowest BCUT2D eigenvalue weighted by molar-refractivity contribution is -0.176. The third-order valence-corrected chi connectivity index (χ3v) is 7.63. The molecule has 9 heteroatoms. The van der Waals surface area contributed by atoms with E-state index in [4.69, 9.17) is 32.7 Å². The van der Waals surface area contributed by atoms with Crippen molar-refractivity contribution in [2.75, 3.05) is 6.61 Å². The first-order valence-electron chi connectivity index (χ1n) is 11.1. The van der Waals surface area contributed by atoms with Crippen LogP contribution >= 0.6 is 23.2 Å². The first-order valence-corrected chi connectivity index (χ1v) is 11.8. The van der Waals surface area contributed by atoms with Crippen molar-refractivity contribution in [3.63, 3.8) is 0 Å². The summed E-state index contributed by atoms with van der Waals surface area (Å²) in [6.07, 6.45) is 1.92. The fraction of sp³-hybridized carbons (Fsp3) is 0.440. The summed E-state index contributed by atoms with van der Waals surface area (Å²) in [6.45, 7) is 1.43. The average Bonchev–Trinajstić information content (AvgIpc) is 2.72. The second-order valence-corrected chi connectivity index (χ2v) is 10.9. The molecule has 180 valence electrons. The number of rotatable bonds is 7. The van der Waals surface area contributed by atoms with Crippen LogP contribution in [0.4, 0.5) is 4.39 Å². The number of ether oxygens (including phenoxy) is 2. The standard InChI is InChI=1S/C25H24Cl2FNO5/c1-23(32)9-21(34-20-5-2-14(26)6-16(20)23)19(30)8-24-11-25(12-24,13-24)29-22(31)10-33-15-3-4-17(27)18(28)7-15/h2-7,21,32H,8-13H2,1H3,(H,29,31)/t21-,23-,24?,25?/m0/s1. The predicted molar refractivity (Wildman–Crippen MR) is 124 cm³/mol. The van der Waals surface area contributed by atoms with Crippen LogP contribution in [0.1, 0.15) is 44.6 Å². The topological polar surface area (TPSA) is 84.9 Å². The summed E-state index contributed by atoms with van der Waals surface area (Å²) < 4.78 is 24.7. The highest BCUT2D eigenvalue weighted by Crippen LogP contribution is 2.69. The Morgan fingerprint density at radius 3 is 2.65 bits per heavy atom. The minimum absolute atomic E-state index is 0.0126. The number of benzene rings is 2. The number of Topliss-reactive ketones (excluding diaryl/α,β-unsaturated/α-hetero) is 1. The Labute approximate surface area is 206 Å². The largest absolute Gasteiger partial charge is 0.484 e. The quantitative estimate of drug-likeness (QED) is 0.573. The SMILES string of the molecule is C[C@]1(O)C[C@@H](C(=O)CC23CC(NC(=O)COc4ccc(Cl)c(F)c4)(C2)C3)Oc2ccc(Cl)cc21. The van der Waals surface area contributed by atoms with Crippen LogP contribution in [0.5, 0.6) is 11.5 Å². The van der Waals surface area contributed by atoms with Crippen molar-refractivity contribution < 1.29 is 28.6 Å². The molecular formula is C25H24Cl2FNO5. The molecule has 0 radical (unpaired) electrons. The zero-order chi connectivity index (χ0) is 24.3. The lowest BCUT2D eigenvalue weighted by atomic mass is 9.38. The molecule has 2 atom stereocenters. The second kappa shape index (κ2) is 8.11. The molecule has 34 heavy (non-hydrogen) atoms. The van der Waals surface area contributed by atoms with E-state index in [1.165, 1.54) is 12.1 Å². The number of halogens is 3. The summed E-state index contributed by atoms with van der Waals surface area (Å²) in [4.78, 5) is 25.3. The van der Waals surface area contributed by atoms with E-state index < -0.39 is 17.5 Å². The molecular weight excluding hydrogens is 484 g/mol. The fourth-order valence-corrected chi connectivity index (χ4v) is 6.01. The van der Waals surface area contributed by atoms with Gasteiger partial charge in [-0.2, -0.15) is 0 Å². The van der Waals surface area contributed by atoms with Crippen molar-refractivity contribution in [3.05, 3.63) is 57.8 Å². The first kappa shape index (κ1) is 23.4. The van der Waals surface area contributed by atoms with E-state index in [2.05, 4.69) is 5.32 Å². The zero-order valence-corrected chi connectivity index (χ0v) is 20.0. The molecule has 0 aromatic heterocycles. The lowest BCUT2D eigenvalue weighted by Crippen LogP contribution is -2.75. The molecule has 3 aliphatic carbocycles. The Kier molecular flexibility index (Phi) is 5.58. The van der Waals surface area contributed by atoms with E-state index in [-0.39, 0.29) is 46.4 Å². The second-order valence-electron chi connectivity index (χ2n) is 10.1. The molecule has 2 N–H and O–H groups in total. The summed E-state index contributed by atoms with van der Waals surface area (Å²) in [5.74, 6) is -0.253. The zero-order valence-electron chi connectivity index (χ0n) is 18.5. The van der Waals surface area contributed by atoms with Gasteiger partial charge in [0.15, 0.2) is 18.5 Å². The van der Waals surface area contributed by atoms with Crippen LogP contribution < -0.4 is 14.8 Å². The molecule has 2 aromatic rings. The molecule has 6 rings (SSSR count). The van der Waals surface area contributed by atoms with Crippen LogP contribution in [0.25, 0.3) is 0 Å². The Bertz CT molecular complexity index is 1160. The molecule has 1 heterocycles. The number of nitrogens with one attached hydrogen (secondary N) is 1. The van der Waals surface area contributed by atoms with Crippen LogP contribution in [0.3, 0.4) is 0 Å². The van der Waals surface area contributed by atoms with Gasteiger partial charge in [0.05, 0.1) is 10.6 Å². The number of ketones is 1. The summed E-state index contributed by atoms with van der Waals surface area (Å²) in [6, 6.07) is 9.02. The number of hydrogen-bond acceptors (Lipinski definition) is 5. The van der Waals surface area contributed by atoms with Crippen molar-refractivity contribution in [1.82, 2.24) is 5.32 Å². The van der Waals surface area contributed by atoms with Crippen molar-refractivity contribution in [1.29, 1.82) is 0 Å². The average molecular weight is 508 g/mol. The van der Waals surface area contributed by atoms with Gasteiger partial charge in [0, 0.05) is 35.0 Å². The highest BCUT2D eigenvalue weighted by molar-refractivity contribution is 6.31. The van der Waals surface area contributed by atoms with Gasteiger partial charge in [-0.1, -0.05) is 23.2 Å². The molecule has 0 saturated heterocycles. The van der Waals surface area contributed by atoms with Gasteiger partial charge in [0.1, 0.15) is 17.3 Å². The maximum Gasteiger partial charge on any atom is 0.258 e. The van der Waals surface area contributed by atoms with Gasteiger partial charge in [-0.15, -0.1) is 0 Å². The minimum atomic E-state index is -1.21. The van der Waals surface area contributed by atoms with Crippen LogP contribution in [0, 0.1) is 11.2 Å². The van der Waals surface area contributed by atoms with Crippen molar-refractivity contribution in [3.8, 4) is 11.5 Å². The molecule has 2 aromatic carbocycles. The number of carbonyl (C=O) groups is 2. The van der Waals surface area contributed by atoms with Gasteiger partial charge in [-0.3, -0.25) is 9.59 Å². The summed E-state index contributed by atoms with van der Waals surface area (Å²) >= 11 is 11.7. The fourth-order valence-electron chi connectivity index (χ4n) is 5.72. The van der Waals surface area contributed by atoms with Gasteiger partial charge in [0.2, 0.25) is 0 Å². The van der Waals surface area contributed by atoms with Gasteiger partial charge in [-0.25, -0.2) is 4.39 Å². The molecule has 4 aliphatic rings. The number of carbonyl (C=O) groups excluding carboxylic acids is 2. The van der Waals surface area contributed by atoms with Crippen molar-refractivity contribution >= 4 is 34.9 Å². The van der Waals surface area contributed by atoms with Gasteiger partial charge in [-0.05, 0) is 61.9 Å². The molecule has 1 amide bonds. The lowest BCUT2D eigenvalue weighted by Gasteiger charge is -2.70. The third kappa shape index (κ3) is 4.25. The van der Waals surface area contributed by atoms with E-state index in [1.807, 2.05) is 0 Å². The molecule has 6 nitrogen and oxygen atoms in total. The highest BCUT2D eigenvalue weighted by Gasteiger charge is 2.68. The van der Waals surface area contributed by atoms with Gasteiger partial charge >= 0.3 is 0 Å². The Morgan fingerprint density at radius 1 is 1.21 bits per heavy atom. The normalized spacial score (nSPS) is 30.8. The van der Waals surface area contributed by atoms with Gasteiger partial charge < -0.3 is 19.9 Å². The van der Waals surface area contributed by atoms with E-state index in [0.29, 0.717) is 42.0 Å². The van der Waals surface area contributed by atoms with E-state index in [1.54, 1.807) is 25.1 Å². The van der Waals surface area contributed by atoms with E-state index in [0.717, 1.165) is 6.07 Å². The van der Waals surface area contributed by atoms with Crippen LogP contribution in [-0.4, -0.2) is 35.0 Å². The monoisotopic (exact) mass is 507 g/mol. The number of hydrogen-bond donors (Lipinski definition) is 2. The third-order valence-electron chi connectivity index (χ3n) is 7.09. The maximum atomic E-state index is 13.5. The summed E-state index contributed by atoms with van der Waals surface area (Å²) in [7, 11) is 0. The van der Waals surface area contributed by atoms with Crippen LogP contribution in [-0.2, 0) is 15.2 Å². The minimum Gasteiger partial charge on any atom is -0.484 e.